The Morgan fingerprint density at radius 3 is 2.48 bits per heavy atom. The molecule has 0 spiro atoms. The standard InChI is InChI=1S/C26H25NO2/c1-3-21-11-8-16-27(21)24-14-15-26(29-18-19-9-6-5-7-10-19)23-17-20(25(28)4-2)12-13-22(23)24/h5-17H,3-4,18H2,1-2H3. The molecule has 0 radical (unpaired) electrons. The highest BCUT2D eigenvalue weighted by Crippen LogP contribution is 2.33. The third-order valence-corrected chi connectivity index (χ3v) is 5.29. The summed E-state index contributed by atoms with van der Waals surface area (Å²) in [6.07, 6.45) is 3.53. The number of rotatable bonds is 7. The minimum atomic E-state index is 0.140. The quantitative estimate of drug-likeness (QED) is 0.347. The number of carbonyl (C=O) groups excluding carboxylic acids is 1. The maximum Gasteiger partial charge on any atom is 0.162 e. The van der Waals surface area contributed by atoms with E-state index < -0.39 is 0 Å². The van der Waals surface area contributed by atoms with E-state index >= 15 is 0 Å². The number of carbonyl (C=O) groups is 1. The highest BCUT2D eigenvalue weighted by Gasteiger charge is 2.13. The molecular formula is C26H25NO2. The van der Waals surface area contributed by atoms with Crippen molar-refractivity contribution in [1.29, 1.82) is 0 Å². The van der Waals surface area contributed by atoms with Crippen LogP contribution in [0, 0.1) is 0 Å². The highest BCUT2D eigenvalue weighted by molar-refractivity contribution is 6.03. The first-order valence-corrected chi connectivity index (χ1v) is 10.1. The Hall–Kier alpha value is -3.33. The van der Waals surface area contributed by atoms with Crippen LogP contribution in [0.4, 0.5) is 0 Å². The number of ketones is 1. The lowest BCUT2D eigenvalue weighted by Crippen LogP contribution is -2.02. The van der Waals surface area contributed by atoms with Gasteiger partial charge in [0.15, 0.2) is 5.78 Å². The van der Waals surface area contributed by atoms with E-state index in [2.05, 4.69) is 48.0 Å². The number of aromatic nitrogens is 1. The molecule has 0 unspecified atom stereocenters. The molecule has 29 heavy (non-hydrogen) atoms. The van der Waals surface area contributed by atoms with E-state index in [1.807, 2.05) is 49.4 Å². The molecule has 3 heteroatoms. The minimum absolute atomic E-state index is 0.140. The van der Waals surface area contributed by atoms with Crippen molar-refractivity contribution in [3.05, 3.63) is 95.8 Å². The SMILES string of the molecule is CCC(=O)c1ccc2c(-n3cccc3CC)ccc(OCc3ccccc3)c2c1. The van der Waals surface area contributed by atoms with Crippen molar-refractivity contribution in [1.82, 2.24) is 4.57 Å². The van der Waals surface area contributed by atoms with Crippen LogP contribution in [0.3, 0.4) is 0 Å². The fourth-order valence-corrected chi connectivity index (χ4v) is 3.69. The van der Waals surface area contributed by atoms with Gasteiger partial charge in [-0.05, 0) is 42.3 Å². The number of nitrogens with zero attached hydrogens (tertiary/aromatic N) is 1. The first-order valence-electron chi connectivity index (χ1n) is 10.1. The van der Waals surface area contributed by atoms with Crippen molar-refractivity contribution in [2.24, 2.45) is 0 Å². The Balaban J connectivity index is 1.82. The smallest absolute Gasteiger partial charge is 0.162 e. The molecule has 0 amide bonds. The fourth-order valence-electron chi connectivity index (χ4n) is 3.69. The molecule has 0 saturated heterocycles. The maximum absolute atomic E-state index is 12.3. The number of fused-ring (bicyclic) bond motifs is 1. The van der Waals surface area contributed by atoms with Crippen LogP contribution in [0.1, 0.15) is 41.9 Å². The van der Waals surface area contributed by atoms with E-state index in [9.17, 15) is 4.79 Å². The largest absolute Gasteiger partial charge is 0.488 e. The molecule has 4 rings (SSSR count). The summed E-state index contributed by atoms with van der Waals surface area (Å²) in [5.74, 6) is 0.935. The van der Waals surface area contributed by atoms with E-state index in [0.717, 1.165) is 39.8 Å². The van der Waals surface area contributed by atoms with Gasteiger partial charge in [-0.15, -0.1) is 0 Å². The van der Waals surface area contributed by atoms with Crippen LogP contribution in [-0.4, -0.2) is 10.4 Å². The second-order valence-electron chi connectivity index (χ2n) is 7.12. The van der Waals surface area contributed by atoms with E-state index in [1.54, 1.807) is 0 Å². The monoisotopic (exact) mass is 383 g/mol. The molecule has 0 aliphatic carbocycles. The number of aryl methyl sites for hydroxylation is 1. The van der Waals surface area contributed by atoms with Gasteiger partial charge in [0.05, 0.1) is 5.69 Å². The highest BCUT2D eigenvalue weighted by atomic mass is 16.5. The number of ether oxygens (including phenoxy) is 1. The Labute approximate surface area is 171 Å². The van der Waals surface area contributed by atoms with E-state index in [1.165, 1.54) is 5.69 Å². The number of benzene rings is 3. The first-order chi connectivity index (χ1) is 14.2. The molecule has 0 N–H and O–H groups in total. The molecule has 0 saturated carbocycles. The third kappa shape index (κ3) is 3.81. The average Bonchev–Trinajstić information content (AvgIpc) is 3.25. The van der Waals surface area contributed by atoms with Crippen molar-refractivity contribution < 1.29 is 9.53 Å². The molecule has 0 aliphatic rings. The molecule has 1 aromatic heterocycles. The number of Topliss-reactive ketones (excluding diaryl/α,β-unsaturated/α-hetero) is 1. The van der Waals surface area contributed by atoms with Crippen LogP contribution >= 0.6 is 0 Å². The lowest BCUT2D eigenvalue weighted by molar-refractivity contribution is 0.0988. The Bertz CT molecular complexity index is 1140. The molecule has 4 aromatic rings. The normalized spacial score (nSPS) is 11.0. The minimum Gasteiger partial charge on any atom is -0.488 e. The Morgan fingerprint density at radius 2 is 1.72 bits per heavy atom. The van der Waals surface area contributed by atoms with E-state index in [-0.39, 0.29) is 5.78 Å². The van der Waals surface area contributed by atoms with Crippen LogP contribution in [0.2, 0.25) is 0 Å². The topological polar surface area (TPSA) is 31.2 Å². The molecule has 0 atom stereocenters. The van der Waals surface area contributed by atoms with Crippen LogP contribution < -0.4 is 4.74 Å². The van der Waals surface area contributed by atoms with E-state index in [0.29, 0.717) is 13.0 Å². The van der Waals surface area contributed by atoms with Gasteiger partial charge in [0.25, 0.3) is 0 Å². The third-order valence-electron chi connectivity index (χ3n) is 5.29. The summed E-state index contributed by atoms with van der Waals surface area (Å²) >= 11 is 0. The first kappa shape index (κ1) is 19.0. The summed E-state index contributed by atoms with van der Waals surface area (Å²) in [5, 5.41) is 2.04. The van der Waals surface area contributed by atoms with Crippen LogP contribution in [0.5, 0.6) is 5.75 Å². The van der Waals surface area contributed by atoms with Gasteiger partial charge in [0.2, 0.25) is 0 Å². The van der Waals surface area contributed by atoms with Gasteiger partial charge in [0, 0.05) is 34.6 Å². The number of hydrogen-bond donors (Lipinski definition) is 0. The van der Waals surface area contributed by atoms with Gasteiger partial charge >= 0.3 is 0 Å². The molecule has 0 fully saturated rings. The van der Waals surface area contributed by atoms with Gasteiger partial charge < -0.3 is 9.30 Å². The van der Waals surface area contributed by atoms with E-state index in [4.69, 9.17) is 4.74 Å². The molecular weight excluding hydrogens is 358 g/mol. The van der Waals surface area contributed by atoms with Crippen LogP contribution in [0.15, 0.2) is 79.0 Å². The summed E-state index contributed by atoms with van der Waals surface area (Å²) in [4.78, 5) is 12.3. The van der Waals surface area contributed by atoms with Crippen molar-refractivity contribution in [3.8, 4) is 11.4 Å². The van der Waals surface area contributed by atoms with Crippen molar-refractivity contribution in [3.63, 3.8) is 0 Å². The zero-order valence-electron chi connectivity index (χ0n) is 16.9. The summed E-state index contributed by atoms with van der Waals surface area (Å²) in [7, 11) is 0. The average molecular weight is 383 g/mol. The van der Waals surface area contributed by atoms with Gasteiger partial charge in [-0.25, -0.2) is 0 Å². The van der Waals surface area contributed by atoms with Crippen molar-refractivity contribution >= 4 is 16.6 Å². The molecule has 1 heterocycles. The maximum atomic E-state index is 12.3. The Kier molecular flexibility index (Phi) is 5.48. The predicted molar refractivity (Wildman–Crippen MR) is 118 cm³/mol. The summed E-state index contributed by atoms with van der Waals surface area (Å²) < 4.78 is 8.40. The number of hydrogen-bond acceptors (Lipinski definition) is 2. The van der Waals surface area contributed by atoms with Crippen LogP contribution in [0.25, 0.3) is 16.5 Å². The molecule has 0 bridgehead atoms. The molecule has 3 aromatic carbocycles. The van der Waals surface area contributed by atoms with Crippen molar-refractivity contribution in [2.75, 3.05) is 0 Å². The van der Waals surface area contributed by atoms with Crippen molar-refractivity contribution in [2.45, 2.75) is 33.3 Å². The second kappa shape index (κ2) is 8.36. The zero-order chi connectivity index (χ0) is 20.2. The van der Waals surface area contributed by atoms with Gasteiger partial charge in [0.1, 0.15) is 12.4 Å². The second-order valence-corrected chi connectivity index (χ2v) is 7.12. The zero-order valence-corrected chi connectivity index (χ0v) is 16.9. The lowest BCUT2D eigenvalue weighted by Gasteiger charge is -2.16. The van der Waals surface area contributed by atoms with Gasteiger partial charge in [-0.2, -0.15) is 0 Å². The fraction of sp³-hybridized carbons (Fsp3) is 0.192. The predicted octanol–water partition coefficient (Wildman–Crippen LogP) is 6.36. The summed E-state index contributed by atoms with van der Waals surface area (Å²) in [5.41, 5.74) is 4.19. The molecule has 0 aliphatic heterocycles. The summed E-state index contributed by atoms with van der Waals surface area (Å²) in [6.45, 7) is 4.54. The lowest BCUT2D eigenvalue weighted by atomic mass is 10.0. The van der Waals surface area contributed by atoms with Gasteiger partial charge in [-0.3, -0.25) is 4.79 Å². The van der Waals surface area contributed by atoms with Gasteiger partial charge in [-0.1, -0.05) is 56.3 Å². The summed E-state index contributed by atoms with van der Waals surface area (Å²) in [6, 6.07) is 24.4. The molecule has 146 valence electrons. The molecule has 3 nitrogen and oxygen atoms in total. The Morgan fingerprint density at radius 1 is 0.897 bits per heavy atom. The van der Waals surface area contributed by atoms with Crippen LogP contribution in [-0.2, 0) is 13.0 Å².